The molecular formula is C23H31N3O2. The van der Waals surface area contributed by atoms with Crippen molar-refractivity contribution in [1.82, 2.24) is 4.90 Å². The van der Waals surface area contributed by atoms with Crippen molar-refractivity contribution in [2.45, 2.75) is 33.8 Å². The fourth-order valence-corrected chi connectivity index (χ4v) is 3.49. The largest absolute Gasteiger partial charge is 0.491 e. The van der Waals surface area contributed by atoms with Crippen LogP contribution in [0.25, 0.3) is 0 Å². The second-order valence-electron chi connectivity index (χ2n) is 7.63. The van der Waals surface area contributed by atoms with E-state index in [-0.39, 0.29) is 12.0 Å². The van der Waals surface area contributed by atoms with Gasteiger partial charge in [0.15, 0.2) is 0 Å². The van der Waals surface area contributed by atoms with Crippen molar-refractivity contribution in [2.75, 3.05) is 42.9 Å². The van der Waals surface area contributed by atoms with Crippen LogP contribution in [0.3, 0.4) is 0 Å². The molecule has 1 aliphatic heterocycles. The Balaban J connectivity index is 1.48. The number of hydrogen-bond donors (Lipinski definition) is 1. The first-order chi connectivity index (χ1) is 13.4. The van der Waals surface area contributed by atoms with Crippen LogP contribution in [0.15, 0.2) is 42.5 Å². The highest BCUT2D eigenvalue weighted by molar-refractivity contribution is 5.81. The molecule has 28 heavy (non-hydrogen) atoms. The number of carbonyl (C=O) groups excluding carboxylic acids is 1. The van der Waals surface area contributed by atoms with Gasteiger partial charge in [0.1, 0.15) is 5.75 Å². The van der Waals surface area contributed by atoms with E-state index < -0.39 is 0 Å². The number of nitrogens with zero attached hydrogens (tertiary/aromatic N) is 2. The van der Waals surface area contributed by atoms with E-state index in [0.29, 0.717) is 6.54 Å². The molecule has 1 amide bonds. The van der Waals surface area contributed by atoms with Crippen molar-refractivity contribution in [2.24, 2.45) is 0 Å². The Bertz CT molecular complexity index is 794. The second-order valence-corrected chi connectivity index (χ2v) is 7.63. The molecule has 1 aliphatic rings. The standard InChI is InChI=1S/C23H31N3O2/c1-17(2)28-21-10-8-20(9-11-21)24-16-23(27)26-14-12-25(13-15-26)22-7-5-6-18(3)19(22)4/h5-11,17,24H,12-16H2,1-4H3. The average molecular weight is 382 g/mol. The molecule has 1 fully saturated rings. The van der Waals surface area contributed by atoms with Gasteiger partial charge in [-0.2, -0.15) is 0 Å². The highest BCUT2D eigenvalue weighted by Crippen LogP contribution is 2.24. The molecule has 0 saturated carbocycles. The number of nitrogens with one attached hydrogen (secondary N) is 1. The minimum absolute atomic E-state index is 0.142. The van der Waals surface area contributed by atoms with Crippen molar-refractivity contribution in [3.63, 3.8) is 0 Å². The summed E-state index contributed by atoms with van der Waals surface area (Å²) in [4.78, 5) is 16.9. The highest BCUT2D eigenvalue weighted by atomic mass is 16.5. The van der Waals surface area contributed by atoms with Crippen LogP contribution in [0.5, 0.6) is 5.75 Å². The fourth-order valence-electron chi connectivity index (χ4n) is 3.49. The number of aryl methyl sites for hydroxylation is 1. The van der Waals surface area contributed by atoms with Crippen LogP contribution in [-0.2, 0) is 4.79 Å². The number of rotatable bonds is 6. The van der Waals surface area contributed by atoms with Gasteiger partial charge in [-0.15, -0.1) is 0 Å². The zero-order valence-corrected chi connectivity index (χ0v) is 17.4. The van der Waals surface area contributed by atoms with E-state index in [2.05, 4.69) is 42.3 Å². The Morgan fingerprint density at radius 2 is 1.71 bits per heavy atom. The first kappa shape index (κ1) is 20.1. The van der Waals surface area contributed by atoms with Crippen LogP contribution < -0.4 is 15.0 Å². The zero-order chi connectivity index (χ0) is 20.1. The van der Waals surface area contributed by atoms with Gasteiger partial charge in [0.05, 0.1) is 12.6 Å². The van der Waals surface area contributed by atoms with Gasteiger partial charge in [-0.05, 0) is 69.2 Å². The van der Waals surface area contributed by atoms with E-state index in [1.807, 2.05) is 43.0 Å². The number of hydrogen-bond acceptors (Lipinski definition) is 4. The van der Waals surface area contributed by atoms with Crippen molar-refractivity contribution in [1.29, 1.82) is 0 Å². The third-order valence-corrected chi connectivity index (χ3v) is 5.22. The van der Waals surface area contributed by atoms with Gasteiger partial charge < -0.3 is 19.9 Å². The molecular weight excluding hydrogens is 350 g/mol. The number of amides is 1. The Hall–Kier alpha value is -2.69. The summed E-state index contributed by atoms with van der Waals surface area (Å²) < 4.78 is 5.64. The summed E-state index contributed by atoms with van der Waals surface area (Å²) in [6, 6.07) is 14.2. The topological polar surface area (TPSA) is 44.8 Å². The molecule has 2 aromatic rings. The third-order valence-electron chi connectivity index (χ3n) is 5.22. The third kappa shape index (κ3) is 4.97. The Morgan fingerprint density at radius 1 is 1.04 bits per heavy atom. The van der Waals surface area contributed by atoms with Gasteiger partial charge in [0, 0.05) is 37.6 Å². The number of benzene rings is 2. The molecule has 0 atom stereocenters. The molecule has 5 nitrogen and oxygen atoms in total. The quantitative estimate of drug-likeness (QED) is 0.825. The maximum atomic E-state index is 12.6. The lowest BCUT2D eigenvalue weighted by Gasteiger charge is -2.37. The summed E-state index contributed by atoms with van der Waals surface area (Å²) in [5.74, 6) is 0.984. The maximum absolute atomic E-state index is 12.6. The lowest BCUT2D eigenvalue weighted by molar-refractivity contribution is -0.129. The van der Waals surface area contributed by atoms with Gasteiger partial charge in [-0.25, -0.2) is 0 Å². The number of carbonyl (C=O) groups is 1. The van der Waals surface area contributed by atoms with E-state index in [0.717, 1.165) is 37.6 Å². The summed E-state index contributed by atoms with van der Waals surface area (Å²) >= 11 is 0. The van der Waals surface area contributed by atoms with E-state index in [4.69, 9.17) is 4.74 Å². The van der Waals surface area contributed by atoms with Gasteiger partial charge >= 0.3 is 0 Å². The van der Waals surface area contributed by atoms with Crippen LogP contribution in [0.4, 0.5) is 11.4 Å². The molecule has 1 saturated heterocycles. The molecule has 0 aromatic heterocycles. The summed E-state index contributed by atoms with van der Waals surface area (Å²) in [6.45, 7) is 11.9. The van der Waals surface area contributed by atoms with Crippen molar-refractivity contribution in [3.05, 3.63) is 53.6 Å². The number of piperazine rings is 1. The van der Waals surface area contributed by atoms with Crippen LogP contribution in [0, 0.1) is 13.8 Å². The Labute approximate surface area is 168 Å². The molecule has 2 aromatic carbocycles. The molecule has 3 rings (SSSR count). The molecule has 0 spiro atoms. The van der Waals surface area contributed by atoms with Crippen LogP contribution in [-0.4, -0.2) is 49.6 Å². The molecule has 5 heteroatoms. The average Bonchev–Trinajstić information content (AvgIpc) is 2.69. The van der Waals surface area contributed by atoms with Gasteiger partial charge in [-0.3, -0.25) is 4.79 Å². The Morgan fingerprint density at radius 3 is 2.36 bits per heavy atom. The summed E-state index contributed by atoms with van der Waals surface area (Å²) in [6.07, 6.45) is 0.155. The SMILES string of the molecule is Cc1cccc(N2CCN(C(=O)CNc3ccc(OC(C)C)cc3)CC2)c1C. The minimum Gasteiger partial charge on any atom is -0.491 e. The summed E-state index contributed by atoms with van der Waals surface area (Å²) in [5, 5.41) is 3.22. The minimum atomic E-state index is 0.142. The van der Waals surface area contributed by atoms with E-state index in [1.54, 1.807) is 0 Å². The molecule has 0 bridgehead atoms. The van der Waals surface area contributed by atoms with E-state index in [1.165, 1.54) is 16.8 Å². The molecule has 150 valence electrons. The number of ether oxygens (including phenoxy) is 1. The maximum Gasteiger partial charge on any atom is 0.241 e. The van der Waals surface area contributed by atoms with Crippen LogP contribution in [0.2, 0.25) is 0 Å². The van der Waals surface area contributed by atoms with Gasteiger partial charge in [0.25, 0.3) is 0 Å². The summed E-state index contributed by atoms with van der Waals surface area (Å²) in [5.41, 5.74) is 4.85. The smallest absolute Gasteiger partial charge is 0.241 e. The normalized spacial score (nSPS) is 14.3. The molecule has 1 N–H and O–H groups in total. The van der Waals surface area contributed by atoms with Crippen molar-refractivity contribution < 1.29 is 9.53 Å². The van der Waals surface area contributed by atoms with Gasteiger partial charge in [-0.1, -0.05) is 12.1 Å². The van der Waals surface area contributed by atoms with Crippen LogP contribution in [0.1, 0.15) is 25.0 Å². The predicted octanol–water partition coefficient (Wildman–Crippen LogP) is 3.85. The highest BCUT2D eigenvalue weighted by Gasteiger charge is 2.22. The monoisotopic (exact) mass is 381 g/mol. The van der Waals surface area contributed by atoms with E-state index in [9.17, 15) is 4.79 Å². The Kier molecular flexibility index (Phi) is 6.45. The van der Waals surface area contributed by atoms with E-state index >= 15 is 0 Å². The second kappa shape index (κ2) is 9.00. The van der Waals surface area contributed by atoms with Crippen LogP contribution >= 0.6 is 0 Å². The van der Waals surface area contributed by atoms with Gasteiger partial charge in [0.2, 0.25) is 5.91 Å². The zero-order valence-electron chi connectivity index (χ0n) is 17.4. The molecule has 1 heterocycles. The fraction of sp³-hybridized carbons (Fsp3) is 0.435. The number of anilines is 2. The predicted molar refractivity (Wildman–Crippen MR) is 115 cm³/mol. The van der Waals surface area contributed by atoms with Crippen molar-refractivity contribution >= 4 is 17.3 Å². The molecule has 0 radical (unpaired) electrons. The summed E-state index contributed by atoms with van der Waals surface area (Å²) in [7, 11) is 0. The first-order valence-electron chi connectivity index (χ1n) is 10.0. The first-order valence-corrected chi connectivity index (χ1v) is 10.0. The lowest BCUT2D eigenvalue weighted by Crippen LogP contribution is -2.50. The molecule has 0 aliphatic carbocycles. The van der Waals surface area contributed by atoms with Crippen molar-refractivity contribution in [3.8, 4) is 5.75 Å². The molecule has 0 unspecified atom stereocenters. The lowest BCUT2D eigenvalue weighted by atomic mass is 10.1.